The predicted molar refractivity (Wildman–Crippen MR) is 71.1 cm³/mol. The summed E-state index contributed by atoms with van der Waals surface area (Å²) in [5, 5.41) is 11.9. The Morgan fingerprint density at radius 2 is 2.10 bits per heavy atom. The van der Waals surface area contributed by atoms with Gasteiger partial charge in [-0.15, -0.1) is 0 Å². The third-order valence-electron chi connectivity index (χ3n) is 4.16. The van der Waals surface area contributed by atoms with Crippen molar-refractivity contribution in [2.24, 2.45) is 11.8 Å². The standard InChI is InChI=1S/C13H21N3O4/c1-3-10-11(17)14-4-5-16(10)13(20)15-6-8(2)9(7-15)12(18)19/h8-10H,3-7H2,1-2H3,(H,14,17)(H,18,19)/t8-,9-,10?/m1/s1. The van der Waals surface area contributed by atoms with E-state index in [9.17, 15) is 14.4 Å². The van der Waals surface area contributed by atoms with Crippen LogP contribution in [-0.4, -0.2) is 65.0 Å². The van der Waals surface area contributed by atoms with Crippen LogP contribution in [0.2, 0.25) is 0 Å². The van der Waals surface area contributed by atoms with Crippen LogP contribution < -0.4 is 5.32 Å². The number of carbonyl (C=O) groups excluding carboxylic acids is 2. The minimum Gasteiger partial charge on any atom is -0.481 e. The highest BCUT2D eigenvalue weighted by molar-refractivity contribution is 5.88. The molecule has 2 N–H and O–H groups in total. The molecule has 0 aromatic rings. The summed E-state index contributed by atoms with van der Waals surface area (Å²) in [6.45, 7) is 5.29. The van der Waals surface area contributed by atoms with Crippen LogP contribution in [0.3, 0.4) is 0 Å². The molecule has 3 amide bonds. The first-order chi connectivity index (χ1) is 9.45. The molecule has 2 aliphatic rings. The topological polar surface area (TPSA) is 90.0 Å². The van der Waals surface area contributed by atoms with Crippen LogP contribution >= 0.6 is 0 Å². The Morgan fingerprint density at radius 1 is 1.40 bits per heavy atom. The first-order valence-corrected chi connectivity index (χ1v) is 7.01. The Labute approximate surface area is 117 Å². The number of hydrogen-bond donors (Lipinski definition) is 2. The van der Waals surface area contributed by atoms with Crippen molar-refractivity contribution in [3.05, 3.63) is 0 Å². The summed E-state index contributed by atoms with van der Waals surface area (Å²) in [6, 6.07) is -0.669. The van der Waals surface area contributed by atoms with E-state index >= 15 is 0 Å². The quantitative estimate of drug-likeness (QED) is 0.744. The predicted octanol–water partition coefficient (Wildman–Crippen LogP) is -0.0307. The highest BCUT2D eigenvalue weighted by Crippen LogP contribution is 2.25. The van der Waals surface area contributed by atoms with E-state index in [2.05, 4.69) is 5.32 Å². The second-order valence-corrected chi connectivity index (χ2v) is 5.52. The molecule has 7 heteroatoms. The maximum Gasteiger partial charge on any atom is 0.320 e. The van der Waals surface area contributed by atoms with E-state index in [0.717, 1.165) is 0 Å². The molecule has 0 aliphatic carbocycles. The van der Waals surface area contributed by atoms with Crippen molar-refractivity contribution in [2.45, 2.75) is 26.3 Å². The number of amides is 3. The number of urea groups is 1. The molecule has 1 unspecified atom stereocenters. The second-order valence-electron chi connectivity index (χ2n) is 5.52. The highest BCUT2D eigenvalue weighted by Gasteiger charge is 2.41. The van der Waals surface area contributed by atoms with Crippen molar-refractivity contribution in [1.82, 2.24) is 15.1 Å². The number of likely N-dealkylation sites (tertiary alicyclic amines) is 1. The molecule has 2 rings (SSSR count). The SMILES string of the molecule is CCC1C(=O)NCCN1C(=O)N1C[C@@H](C)[C@H](C(=O)O)C1. The lowest BCUT2D eigenvalue weighted by atomic mass is 9.99. The fourth-order valence-corrected chi connectivity index (χ4v) is 2.98. The summed E-state index contributed by atoms with van der Waals surface area (Å²) in [6.07, 6.45) is 0.559. The van der Waals surface area contributed by atoms with Crippen LogP contribution in [0.15, 0.2) is 0 Å². The Hall–Kier alpha value is -1.79. The molecule has 0 aromatic carbocycles. The Bertz CT molecular complexity index is 426. The lowest BCUT2D eigenvalue weighted by Gasteiger charge is -2.37. The molecule has 3 atom stereocenters. The Kier molecular flexibility index (Phi) is 4.15. The summed E-state index contributed by atoms with van der Waals surface area (Å²) < 4.78 is 0. The minimum atomic E-state index is -0.865. The van der Waals surface area contributed by atoms with Gasteiger partial charge in [0.1, 0.15) is 6.04 Å². The van der Waals surface area contributed by atoms with Crippen molar-refractivity contribution >= 4 is 17.9 Å². The van der Waals surface area contributed by atoms with Crippen LogP contribution in [0.1, 0.15) is 20.3 Å². The van der Waals surface area contributed by atoms with Crippen LogP contribution in [0.4, 0.5) is 4.79 Å². The van der Waals surface area contributed by atoms with Gasteiger partial charge in [-0.2, -0.15) is 0 Å². The second kappa shape index (κ2) is 5.68. The number of carboxylic acids is 1. The fourth-order valence-electron chi connectivity index (χ4n) is 2.98. The van der Waals surface area contributed by atoms with Gasteiger partial charge in [-0.25, -0.2) is 4.79 Å². The number of carbonyl (C=O) groups is 3. The van der Waals surface area contributed by atoms with E-state index in [1.165, 1.54) is 0 Å². The summed E-state index contributed by atoms with van der Waals surface area (Å²) >= 11 is 0. The molecule has 0 bridgehead atoms. The van der Waals surface area contributed by atoms with Gasteiger partial charge in [0, 0.05) is 26.2 Å². The lowest BCUT2D eigenvalue weighted by Crippen LogP contribution is -2.59. The van der Waals surface area contributed by atoms with E-state index in [0.29, 0.717) is 26.1 Å². The van der Waals surface area contributed by atoms with E-state index in [1.807, 2.05) is 13.8 Å². The van der Waals surface area contributed by atoms with E-state index in [1.54, 1.807) is 9.80 Å². The smallest absolute Gasteiger partial charge is 0.320 e. The fraction of sp³-hybridized carbons (Fsp3) is 0.769. The van der Waals surface area contributed by atoms with Crippen molar-refractivity contribution in [2.75, 3.05) is 26.2 Å². The van der Waals surface area contributed by atoms with Crippen LogP contribution in [0.5, 0.6) is 0 Å². The van der Waals surface area contributed by atoms with Gasteiger partial charge in [0.2, 0.25) is 5.91 Å². The molecule has 2 heterocycles. The maximum atomic E-state index is 12.5. The van der Waals surface area contributed by atoms with E-state index in [4.69, 9.17) is 5.11 Å². The van der Waals surface area contributed by atoms with Crippen molar-refractivity contribution in [1.29, 1.82) is 0 Å². The number of hydrogen-bond acceptors (Lipinski definition) is 3. The molecule has 112 valence electrons. The number of aliphatic carboxylic acids is 1. The van der Waals surface area contributed by atoms with Gasteiger partial charge < -0.3 is 20.2 Å². The highest BCUT2D eigenvalue weighted by atomic mass is 16.4. The number of piperazine rings is 1. The summed E-state index contributed by atoms with van der Waals surface area (Å²) in [5.41, 5.74) is 0. The van der Waals surface area contributed by atoms with Gasteiger partial charge in [0.05, 0.1) is 5.92 Å². The number of nitrogens with one attached hydrogen (secondary N) is 1. The zero-order valence-corrected chi connectivity index (χ0v) is 11.8. The van der Waals surface area contributed by atoms with Gasteiger partial charge in [-0.3, -0.25) is 9.59 Å². The molecule has 0 radical (unpaired) electrons. The molecule has 7 nitrogen and oxygen atoms in total. The van der Waals surface area contributed by atoms with Crippen molar-refractivity contribution in [3.63, 3.8) is 0 Å². The minimum absolute atomic E-state index is 0.0601. The van der Waals surface area contributed by atoms with E-state index in [-0.39, 0.29) is 24.4 Å². The zero-order chi connectivity index (χ0) is 14.9. The average Bonchev–Trinajstić information content (AvgIpc) is 2.80. The maximum absolute atomic E-state index is 12.5. The lowest BCUT2D eigenvalue weighted by molar-refractivity contribution is -0.142. The van der Waals surface area contributed by atoms with Crippen molar-refractivity contribution < 1.29 is 19.5 Å². The molecular formula is C13H21N3O4. The molecule has 0 aromatic heterocycles. The molecule has 0 spiro atoms. The molecule has 20 heavy (non-hydrogen) atoms. The third kappa shape index (κ3) is 2.57. The summed E-state index contributed by atoms with van der Waals surface area (Å²) in [5.74, 6) is -1.57. The number of carboxylic acid groups (broad SMARTS) is 1. The van der Waals surface area contributed by atoms with Gasteiger partial charge in [-0.1, -0.05) is 13.8 Å². The third-order valence-corrected chi connectivity index (χ3v) is 4.16. The Balaban J connectivity index is 2.07. The van der Waals surface area contributed by atoms with Gasteiger partial charge in [0.25, 0.3) is 0 Å². The van der Waals surface area contributed by atoms with Crippen LogP contribution in [-0.2, 0) is 9.59 Å². The first-order valence-electron chi connectivity index (χ1n) is 7.01. The zero-order valence-electron chi connectivity index (χ0n) is 11.8. The van der Waals surface area contributed by atoms with E-state index < -0.39 is 17.9 Å². The molecule has 0 saturated carbocycles. The summed E-state index contributed by atoms with van der Waals surface area (Å²) in [7, 11) is 0. The van der Waals surface area contributed by atoms with Crippen LogP contribution in [0.25, 0.3) is 0 Å². The normalized spacial score (nSPS) is 30.3. The van der Waals surface area contributed by atoms with Crippen LogP contribution in [0, 0.1) is 11.8 Å². The average molecular weight is 283 g/mol. The molecule has 2 aliphatic heterocycles. The Morgan fingerprint density at radius 3 is 2.65 bits per heavy atom. The first kappa shape index (κ1) is 14.6. The molecule has 2 saturated heterocycles. The monoisotopic (exact) mass is 283 g/mol. The van der Waals surface area contributed by atoms with Gasteiger partial charge in [-0.05, 0) is 12.3 Å². The molecule has 2 fully saturated rings. The number of nitrogens with zero attached hydrogens (tertiary/aromatic N) is 2. The van der Waals surface area contributed by atoms with Crippen molar-refractivity contribution in [3.8, 4) is 0 Å². The summed E-state index contributed by atoms with van der Waals surface area (Å²) in [4.78, 5) is 38.5. The molecular weight excluding hydrogens is 262 g/mol. The van der Waals surface area contributed by atoms with Gasteiger partial charge >= 0.3 is 12.0 Å². The van der Waals surface area contributed by atoms with Gasteiger partial charge in [0.15, 0.2) is 0 Å². The largest absolute Gasteiger partial charge is 0.481 e. The number of rotatable bonds is 2.